The number of carbonyl (C=O) groups is 3. The van der Waals surface area contributed by atoms with Crippen molar-refractivity contribution < 1.29 is 38.1 Å². The summed E-state index contributed by atoms with van der Waals surface area (Å²) >= 11 is 16.7. The van der Waals surface area contributed by atoms with Gasteiger partial charge in [0.2, 0.25) is 18.3 Å². The van der Waals surface area contributed by atoms with Gasteiger partial charge in [-0.25, -0.2) is 4.79 Å². The van der Waals surface area contributed by atoms with E-state index in [4.69, 9.17) is 59.2 Å². The number of alkyl halides is 3. The second-order valence-corrected chi connectivity index (χ2v) is 7.68. The molecule has 0 amide bonds. The normalized spacial score (nSPS) is 28.7. The zero-order chi connectivity index (χ0) is 20.2. The fraction of sp³-hybridized carbons (Fsp3) is 0.714. The highest BCUT2D eigenvalue weighted by atomic mass is 35.6. The van der Waals surface area contributed by atoms with Crippen LogP contribution in [0.5, 0.6) is 0 Å². The van der Waals surface area contributed by atoms with Crippen molar-refractivity contribution in [2.24, 2.45) is 5.92 Å². The van der Waals surface area contributed by atoms with Gasteiger partial charge in [0.05, 0.1) is 7.11 Å². The molecule has 0 radical (unpaired) electrons. The average Bonchev–Trinajstić information content (AvgIpc) is 2.50. The molecule has 0 aromatic heterocycles. The third-order valence-electron chi connectivity index (χ3n) is 3.40. The molecule has 1 unspecified atom stereocenters. The van der Waals surface area contributed by atoms with Crippen molar-refractivity contribution in [3.8, 4) is 0 Å². The Balaban J connectivity index is 3.25. The van der Waals surface area contributed by atoms with E-state index in [1.54, 1.807) is 0 Å². The van der Waals surface area contributed by atoms with Crippen LogP contribution < -0.4 is 0 Å². The van der Waals surface area contributed by atoms with Crippen LogP contribution in [0.3, 0.4) is 0 Å². The van der Waals surface area contributed by atoms with Crippen molar-refractivity contribution in [3.63, 3.8) is 0 Å². The van der Waals surface area contributed by atoms with Gasteiger partial charge >= 0.3 is 17.9 Å². The maximum Gasteiger partial charge on any atom is 0.335 e. The van der Waals surface area contributed by atoms with Gasteiger partial charge in [0, 0.05) is 19.8 Å². The molecule has 0 bridgehead atoms. The maximum atomic E-state index is 12.0. The molecule has 0 aromatic rings. The molecule has 1 saturated heterocycles. The Morgan fingerprint density at radius 1 is 1.00 bits per heavy atom. The summed E-state index contributed by atoms with van der Waals surface area (Å²) < 4.78 is 23.3. The van der Waals surface area contributed by atoms with Gasteiger partial charge in [-0.2, -0.15) is 0 Å². The van der Waals surface area contributed by atoms with E-state index in [1.165, 1.54) is 6.92 Å². The van der Waals surface area contributed by atoms with Crippen molar-refractivity contribution in [2.45, 2.75) is 49.2 Å². The van der Waals surface area contributed by atoms with Crippen molar-refractivity contribution in [2.75, 3.05) is 7.11 Å². The number of halogens is 3. The predicted molar refractivity (Wildman–Crippen MR) is 90.1 cm³/mol. The number of methoxy groups -OCH3 is 1. The van der Waals surface area contributed by atoms with Gasteiger partial charge in [0.15, 0.2) is 12.2 Å². The standard InChI is InChI=1S/C14H18Cl3NO8/c1-5-8(23-6(2)19)10(24-7(3)20)12(25-9(5)11(21)22-4)26-13(18)14(15,16)17/h5,8-10,12,18H,1-4H3/t5-,8-,9-,10+,12?/m0/s1. The number of ether oxygens (including phenoxy) is 5. The minimum absolute atomic E-state index is 0.695. The van der Waals surface area contributed by atoms with Crippen LogP contribution in [0.4, 0.5) is 0 Å². The minimum Gasteiger partial charge on any atom is -0.467 e. The largest absolute Gasteiger partial charge is 0.467 e. The first-order chi connectivity index (χ1) is 11.9. The molecule has 148 valence electrons. The lowest BCUT2D eigenvalue weighted by Crippen LogP contribution is -2.60. The van der Waals surface area contributed by atoms with Crippen molar-refractivity contribution in [1.29, 1.82) is 5.41 Å². The molecule has 1 rings (SSSR count). The van der Waals surface area contributed by atoms with Crippen LogP contribution in [0.2, 0.25) is 0 Å². The number of hydrogen-bond acceptors (Lipinski definition) is 9. The van der Waals surface area contributed by atoms with Crippen molar-refractivity contribution in [1.82, 2.24) is 0 Å². The maximum absolute atomic E-state index is 12.0. The number of esters is 3. The molecule has 5 atom stereocenters. The summed E-state index contributed by atoms with van der Waals surface area (Å²) in [7, 11) is 1.14. The van der Waals surface area contributed by atoms with E-state index in [9.17, 15) is 14.4 Å². The molecule has 1 aliphatic rings. The van der Waals surface area contributed by atoms with Crippen LogP contribution in [0.1, 0.15) is 20.8 Å². The molecular formula is C14H18Cl3NO8. The summed E-state index contributed by atoms with van der Waals surface area (Å²) in [4.78, 5) is 34.9. The molecule has 9 nitrogen and oxygen atoms in total. The van der Waals surface area contributed by atoms with Crippen LogP contribution >= 0.6 is 34.8 Å². The third kappa shape index (κ3) is 5.87. The summed E-state index contributed by atoms with van der Waals surface area (Å²) in [5.41, 5.74) is 0. The molecule has 0 aromatic carbocycles. The number of nitrogens with one attached hydrogen (secondary N) is 1. The lowest BCUT2D eigenvalue weighted by molar-refractivity contribution is -0.270. The highest BCUT2D eigenvalue weighted by Gasteiger charge is 2.52. The van der Waals surface area contributed by atoms with Gasteiger partial charge < -0.3 is 23.7 Å². The summed E-state index contributed by atoms with van der Waals surface area (Å²) in [5, 5.41) is 7.66. The van der Waals surface area contributed by atoms with E-state index in [0.29, 0.717) is 0 Å². The van der Waals surface area contributed by atoms with Crippen LogP contribution in [-0.2, 0) is 38.1 Å². The Labute approximate surface area is 164 Å². The number of carbonyl (C=O) groups excluding carboxylic acids is 3. The predicted octanol–water partition coefficient (Wildman–Crippen LogP) is 1.75. The highest BCUT2D eigenvalue weighted by molar-refractivity contribution is 6.76. The quantitative estimate of drug-likeness (QED) is 0.233. The minimum atomic E-state index is -2.23. The molecule has 0 saturated carbocycles. The Morgan fingerprint density at radius 2 is 1.50 bits per heavy atom. The van der Waals surface area contributed by atoms with Crippen LogP contribution in [0, 0.1) is 11.3 Å². The van der Waals surface area contributed by atoms with Gasteiger partial charge in [-0.1, -0.05) is 41.7 Å². The molecule has 26 heavy (non-hydrogen) atoms. The first-order valence-corrected chi connectivity index (χ1v) is 8.42. The van der Waals surface area contributed by atoms with E-state index in [2.05, 4.69) is 4.74 Å². The molecule has 1 N–H and O–H groups in total. The van der Waals surface area contributed by atoms with Crippen LogP contribution in [-0.4, -0.2) is 59.3 Å². The fourth-order valence-electron chi connectivity index (χ4n) is 2.32. The third-order valence-corrected chi connectivity index (χ3v) is 3.91. The first kappa shape index (κ1) is 22.8. The highest BCUT2D eigenvalue weighted by Crippen LogP contribution is 2.34. The molecule has 0 aliphatic carbocycles. The summed E-state index contributed by atoms with van der Waals surface area (Å²) in [6, 6.07) is 0. The van der Waals surface area contributed by atoms with E-state index < -0.39 is 58.1 Å². The number of rotatable bonds is 4. The zero-order valence-corrected chi connectivity index (χ0v) is 16.6. The Morgan fingerprint density at radius 3 is 1.92 bits per heavy atom. The topological polar surface area (TPSA) is 121 Å². The molecular weight excluding hydrogens is 417 g/mol. The number of hydrogen-bond donors (Lipinski definition) is 1. The van der Waals surface area contributed by atoms with Crippen molar-refractivity contribution in [3.05, 3.63) is 0 Å². The molecule has 1 heterocycles. The fourth-order valence-corrected chi connectivity index (χ4v) is 2.45. The molecule has 0 spiro atoms. The summed E-state index contributed by atoms with van der Waals surface area (Å²) in [6.07, 6.45) is -5.27. The SMILES string of the molecule is COC(=O)[C@H]1OC(OC(=N)C(Cl)(Cl)Cl)[C@H](OC(C)=O)[C@@H](OC(C)=O)[C@@H]1C. The molecule has 12 heteroatoms. The van der Waals surface area contributed by atoms with Crippen molar-refractivity contribution >= 4 is 58.6 Å². The Hall–Kier alpha value is -1.29. The van der Waals surface area contributed by atoms with E-state index in [1.807, 2.05) is 0 Å². The first-order valence-electron chi connectivity index (χ1n) is 7.28. The second kappa shape index (κ2) is 9.07. The van der Waals surface area contributed by atoms with E-state index in [0.717, 1.165) is 21.0 Å². The van der Waals surface area contributed by atoms with E-state index >= 15 is 0 Å². The second-order valence-electron chi connectivity index (χ2n) is 5.40. The average molecular weight is 435 g/mol. The molecule has 1 aliphatic heterocycles. The van der Waals surface area contributed by atoms with Crippen LogP contribution in [0.25, 0.3) is 0 Å². The van der Waals surface area contributed by atoms with Crippen LogP contribution in [0.15, 0.2) is 0 Å². The molecule has 1 fully saturated rings. The monoisotopic (exact) mass is 433 g/mol. The van der Waals surface area contributed by atoms with Gasteiger partial charge in [-0.05, 0) is 0 Å². The van der Waals surface area contributed by atoms with E-state index in [-0.39, 0.29) is 0 Å². The zero-order valence-electron chi connectivity index (χ0n) is 14.3. The van der Waals surface area contributed by atoms with Gasteiger partial charge in [0.1, 0.15) is 0 Å². The Kier molecular flexibility index (Phi) is 7.94. The Bertz CT molecular complexity index is 579. The lowest BCUT2D eigenvalue weighted by Gasteiger charge is -2.42. The van der Waals surface area contributed by atoms with Gasteiger partial charge in [-0.3, -0.25) is 15.0 Å². The lowest BCUT2D eigenvalue weighted by atomic mass is 9.90. The smallest absolute Gasteiger partial charge is 0.335 e. The summed E-state index contributed by atoms with van der Waals surface area (Å²) in [5.74, 6) is -3.83. The van der Waals surface area contributed by atoms with Gasteiger partial charge in [0.25, 0.3) is 3.79 Å². The van der Waals surface area contributed by atoms with Gasteiger partial charge in [-0.15, -0.1) is 0 Å². The summed E-state index contributed by atoms with van der Waals surface area (Å²) in [6.45, 7) is 3.78.